The molecule has 4 amide bonds. The van der Waals surface area contributed by atoms with E-state index in [1.807, 2.05) is 0 Å². The predicted octanol–water partition coefficient (Wildman–Crippen LogP) is 3.37. The van der Waals surface area contributed by atoms with Crippen molar-refractivity contribution in [3.05, 3.63) is 73.8 Å². The van der Waals surface area contributed by atoms with Crippen molar-refractivity contribution in [2.45, 2.75) is 6.61 Å². The summed E-state index contributed by atoms with van der Waals surface area (Å²) in [5.74, 6) is -0.823. The van der Waals surface area contributed by atoms with Crippen molar-refractivity contribution in [2.75, 3.05) is 14.1 Å². The number of rotatable bonds is 5. The maximum absolute atomic E-state index is 12.3. The first-order valence-corrected chi connectivity index (χ1v) is 9.46. The van der Waals surface area contributed by atoms with E-state index >= 15 is 0 Å². The van der Waals surface area contributed by atoms with E-state index in [1.54, 1.807) is 30.3 Å². The quantitative estimate of drug-likeness (QED) is 0.285. The zero-order valence-electron chi connectivity index (χ0n) is 16.0. The molecule has 0 aromatic heterocycles. The van der Waals surface area contributed by atoms with Crippen LogP contribution < -0.4 is 4.74 Å². The van der Waals surface area contributed by atoms with Crippen LogP contribution in [-0.2, 0) is 16.2 Å². The summed E-state index contributed by atoms with van der Waals surface area (Å²) < 4.78 is 6.32. The molecule has 0 unspecified atom stereocenters. The first kappa shape index (κ1) is 21.2. The lowest BCUT2D eigenvalue weighted by Gasteiger charge is -2.28. The Hall–Kier alpha value is -3.53. The summed E-state index contributed by atoms with van der Waals surface area (Å²) in [5.41, 5.74) is 1.21. The molecule has 9 nitrogen and oxygen atoms in total. The molecular formula is C20H16BrN3O6. The van der Waals surface area contributed by atoms with E-state index in [9.17, 15) is 24.5 Å². The van der Waals surface area contributed by atoms with Gasteiger partial charge < -0.3 is 4.74 Å². The fourth-order valence-electron chi connectivity index (χ4n) is 2.74. The fraction of sp³-hybridized carbons (Fsp3) is 0.150. The molecule has 2 aromatic carbocycles. The van der Waals surface area contributed by atoms with E-state index in [4.69, 9.17) is 4.74 Å². The Morgan fingerprint density at radius 2 is 1.63 bits per heavy atom. The molecular weight excluding hydrogens is 458 g/mol. The monoisotopic (exact) mass is 473 g/mol. The van der Waals surface area contributed by atoms with Gasteiger partial charge in [0.15, 0.2) is 0 Å². The lowest BCUT2D eigenvalue weighted by atomic mass is 10.1. The number of nitro benzene ring substituents is 1. The maximum Gasteiger partial charge on any atom is 0.333 e. The molecule has 0 bridgehead atoms. The summed E-state index contributed by atoms with van der Waals surface area (Å²) >= 11 is 3.39. The van der Waals surface area contributed by atoms with Gasteiger partial charge in [-0.2, -0.15) is 0 Å². The van der Waals surface area contributed by atoms with Crippen LogP contribution in [0.15, 0.2) is 52.5 Å². The van der Waals surface area contributed by atoms with E-state index in [2.05, 4.69) is 15.9 Å². The van der Waals surface area contributed by atoms with Gasteiger partial charge in [0.1, 0.15) is 17.9 Å². The van der Waals surface area contributed by atoms with Crippen LogP contribution >= 0.6 is 15.9 Å². The molecule has 10 heteroatoms. The van der Waals surface area contributed by atoms with Crippen LogP contribution in [0.2, 0.25) is 0 Å². The first-order valence-electron chi connectivity index (χ1n) is 8.66. The molecule has 0 radical (unpaired) electrons. The number of amides is 4. The Bertz CT molecular complexity index is 1050. The number of carbonyl (C=O) groups is 3. The smallest absolute Gasteiger partial charge is 0.333 e. The van der Waals surface area contributed by atoms with Crippen molar-refractivity contribution < 1.29 is 24.0 Å². The number of urea groups is 1. The van der Waals surface area contributed by atoms with Crippen molar-refractivity contribution in [3.63, 3.8) is 0 Å². The minimum atomic E-state index is -0.682. The van der Waals surface area contributed by atoms with Crippen molar-refractivity contribution in [1.29, 1.82) is 0 Å². The normalized spacial score (nSPS) is 14.2. The Labute approximate surface area is 179 Å². The van der Waals surface area contributed by atoms with Crippen molar-refractivity contribution in [2.24, 2.45) is 0 Å². The summed E-state index contributed by atoms with van der Waals surface area (Å²) in [4.78, 5) is 48.4. The molecule has 30 heavy (non-hydrogen) atoms. The van der Waals surface area contributed by atoms with Gasteiger partial charge in [0, 0.05) is 26.2 Å². The largest absolute Gasteiger partial charge is 0.488 e. The second kappa shape index (κ2) is 8.46. The van der Waals surface area contributed by atoms with Crippen LogP contribution in [0.5, 0.6) is 5.75 Å². The van der Waals surface area contributed by atoms with Crippen LogP contribution in [-0.4, -0.2) is 46.7 Å². The number of benzene rings is 2. The van der Waals surface area contributed by atoms with Gasteiger partial charge in [0.25, 0.3) is 17.5 Å². The molecule has 3 rings (SSSR count). The van der Waals surface area contributed by atoms with Gasteiger partial charge in [-0.15, -0.1) is 0 Å². The SMILES string of the molecule is CN1C(=O)C(=Cc2ccc(OCc3ccc([N+](=O)[O-])cc3)c(Br)c2)C(=O)N(C)C1=O. The minimum Gasteiger partial charge on any atom is -0.488 e. The molecule has 154 valence electrons. The topological polar surface area (TPSA) is 110 Å². The molecule has 0 N–H and O–H groups in total. The molecule has 1 fully saturated rings. The molecule has 0 spiro atoms. The van der Waals surface area contributed by atoms with Gasteiger partial charge in [-0.1, -0.05) is 6.07 Å². The number of hydrogen-bond donors (Lipinski definition) is 0. The maximum atomic E-state index is 12.3. The Balaban J connectivity index is 1.75. The van der Waals surface area contributed by atoms with Crippen molar-refractivity contribution in [1.82, 2.24) is 9.80 Å². The number of nitro groups is 1. The lowest BCUT2D eigenvalue weighted by Crippen LogP contribution is -2.52. The van der Waals surface area contributed by atoms with Crippen LogP contribution in [0.4, 0.5) is 10.5 Å². The second-order valence-corrected chi connectivity index (χ2v) is 7.33. The number of barbiturate groups is 1. The Kier molecular flexibility index (Phi) is 5.97. The van der Waals surface area contributed by atoms with Gasteiger partial charge in [-0.25, -0.2) is 4.79 Å². The Morgan fingerprint density at radius 3 is 2.17 bits per heavy atom. The van der Waals surface area contributed by atoms with E-state index in [-0.39, 0.29) is 17.9 Å². The third-order valence-corrected chi connectivity index (χ3v) is 5.07. The Morgan fingerprint density at radius 1 is 1.03 bits per heavy atom. The lowest BCUT2D eigenvalue weighted by molar-refractivity contribution is -0.384. The number of hydrogen-bond acceptors (Lipinski definition) is 6. The second-order valence-electron chi connectivity index (χ2n) is 6.47. The van der Waals surface area contributed by atoms with Gasteiger partial charge in [0.2, 0.25) is 0 Å². The predicted molar refractivity (Wildman–Crippen MR) is 110 cm³/mol. The molecule has 0 saturated carbocycles. The highest BCUT2D eigenvalue weighted by molar-refractivity contribution is 9.10. The molecule has 0 aliphatic carbocycles. The number of nitrogens with zero attached hydrogens (tertiary/aromatic N) is 3. The molecule has 1 saturated heterocycles. The van der Waals surface area contributed by atoms with E-state index in [0.717, 1.165) is 15.4 Å². The molecule has 1 aliphatic rings. The highest BCUT2D eigenvalue weighted by Gasteiger charge is 2.37. The van der Waals surface area contributed by atoms with Gasteiger partial charge in [0.05, 0.1) is 9.40 Å². The van der Waals surface area contributed by atoms with Crippen molar-refractivity contribution in [3.8, 4) is 5.75 Å². The molecule has 0 atom stereocenters. The van der Waals surface area contributed by atoms with Gasteiger partial charge in [-0.3, -0.25) is 29.5 Å². The summed E-state index contributed by atoms with van der Waals surface area (Å²) in [6.07, 6.45) is 1.41. The van der Waals surface area contributed by atoms with E-state index < -0.39 is 22.8 Å². The number of halogens is 1. The highest BCUT2D eigenvalue weighted by Crippen LogP contribution is 2.28. The van der Waals surface area contributed by atoms with Gasteiger partial charge >= 0.3 is 6.03 Å². The summed E-state index contributed by atoms with van der Waals surface area (Å²) in [6, 6.07) is 10.4. The standard InChI is InChI=1S/C20H16BrN3O6/c1-22-18(25)15(19(26)23(2)20(22)27)9-13-5-8-17(16(21)10-13)30-11-12-3-6-14(7-4-12)24(28)29/h3-10H,11H2,1-2H3. The zero-order valence-corrected chi connectivity index (χ0v) is 17.6. The van der Waals surface area contributed by atoms with E-state index in [0.29, 0.717) is 15.8 Å². The van der Waals surface area contributed by atoms with Crippen LogP contribution in [0.3, 0.4) is 0 Å². The number of ether oxygens (including phenoxy) is 1. The average molecular weight is 474 g/mol. The third kappa shape index (κ3) is 4.23. The summed E-state index contributed by atoms with van der Waals surface area (Å²) in [7, 11) is 2.62. The average Bonchev–Trinajstić information content (AvgIpc) is 2.73. The van der Waals surface area contributed by atoms with Gasteiger partial charge in [-0.05, 0) is 57.4 Å². The molecule has 1 heterocycles. The summed E-state index contributed by atoms with van der Waals surface area (Å²) in [6.45, 7) is 0.200. The first-order chi connectivity index (χ1) is 14.2. The summed E-state index contributed by atoms with van der Waals surface area (Å²) in [5, 5.41) is 10.7. The van der Waals surface area contributed by atoms with Crippen LogP contribution in [0.25, 0.3) is 6.08 Å². The molecule has 2 aromatic rings. The minimum absolute atomic E-state index is 0.00196. The van der Waals surface area contributed by atoms with Crippen LogP contribution in [0, 0.1) is 10.1 Å². The number of non-ortho nitro benzene ring substituents is 1. The van der Waals surface area contributed by atoms with Crippen molar-refractivity contribution >= 4 is 45.5 Å². The van der Waals surface area contributed by atoms with E-state index in [1.165, 1.54) is 32.3 Å². The third-order valence-electron chi connectivity index (χ3n) is 4.45. The van der Waals surface area contributed by atoms with Crippen LogP contribution in [0.1, 0.15) is 11.1 Å². The number of carbonyl (C=O) groups excluding carboxylic acids is 3. The number of likely N-dealkylation sites (N-methyl/N-ethyl adjacent to an activating group) is 2. The fourth-order valence-corrected chi connectivity index (χ4v) is 3.25. The zero-order chi connectivity index (χ0) is 22.0. The number of imide groups is 2. The highest BCUT2D eigenvalue weighted by atomic mass is 79.9. The molecule has 1 aliphatic heterocycles.